The van der Waals surface area contributed by atoms with Gasteiger partial charge in [-0.2, -0.15) is 0 Å². The smallest absolute Gasteiger partial charge is 0.269 e. The molecule has 0 aliphatic carbocycles. The number of nitro groups is 1. The second kappa shape index (κ2) is 9.86. The fourth-order valence-corrected chi connectivity index (χ4v) is 2.08. The summed E-state index contributed by atoms with van der Waals surface area (Å²) in [5.41, 5.74) is 3.31. The summed E-state index contributed by atoms with van der Waals surface area (Å²) in [6, 6.07) is 14.8. The summed E-state index contributed by atoms with van der Waals surface area (Å²) >= 11 is 0. The summed E-state index contributed by atoms with van der Waals surface area (Å²) in [7, 11) is 1.69. The van der Waals surface area contributed by atoms with Gasteiger partial charge < -0.3 is 10.6 Å². The van der Waals surface area contributed by atoms with Gasteiger partial charge in [-0.15, -0.1) is 24.0 Å². The Morgan fingerprint density at radius 2 is 1.71 bits per heavy atom. The van der Waals surface area contributed by atoms with Crippen LogP contribution in [0, 0.1) is 17.0 Å². The topological polar surface area (TPSA) is 79.6 Å². The molecular weight excluding hydrogens is 419 g/mol. The maximum absolute atomic E-state index is 10.8. The van der Waals surface area contributed by atoms with Crippen molar-refractivity contribution in [2.75, 3.05) is 7.05 Å². The van der Waals surface area contributed by atoms with Gasteiger partial charge >= 0.3 is 0 Å². The van der Waals surface area contributed by atoms with E-state index >= 15 is 0 Å². The minimum atomic E-state index is -0.395. The van der Waals surface area contributed by atoms with Gasteiger partial charge in [0.1, 0.15) is 0 Å². The minimum absolute atomic E-state index is 0. The number of rotatable bonds is 5. The maximum Gasteiger partial charge on any atom is 0.269 e. The number of hydrogen-bond acceptors (Lipinski definition) is 3. The summed E-state index contributed by atoms with van der Waals surface area (Å²) in [5, 5.41) is 17.1. The van der Waals surface area contributed by atoms with Crippen molar-refractivity contribution in [3.63, 3.8) is 0 Å². The number of non-ortho nitro benzene ring substituents is 1. The molecule has 0 atom stereocenters. The molecule has 0 saturated carbocycles. The van der Waals surface area contributed by atoms with Crippen molar-refractivity contribution < 1.29 is 4.92 Å². The molecule has 0 spiro atoms. The Labute approximate surface area is 158 Å². The van der Waals surface area contributed by atoms with E-state index in [1.807, 2.05) is 6.07 Å². The van der Waals surface area contributed by atoms with E-state index in [9.17, 15) is 10.1 Å². The molecule has 2 N–H and O–H groups in total. The highest BCUT2D eigenvalue weighted by Crippen LogP contribution is 2.12. The van der Waals surface area contributed by atoms with Crippen LogP contribution in [0.1, 0.15) is 16.7 Å². The average molecular weight is 440 g/mol. The number of aryl methyl sites for hydroxylation is 1. The van der Waals surface area contributed by atoms with Crippen molar-refractivity contribution in [1.82, 2.24) is 10.6 Å². The molecule has 24 heavy (non-hydrogen) atoms. The van der Waals surface area contributed by atoms with E-state index in [0.29, 0.717) is 19.0 Å². The molecule has 0 radical (unpaired) electrons. The van der Waals surface area contributed by atoms with Gasteiger partial charge in [-0.1, -0.05) is 42.0 Å². The lowest BCUT2D eigenvalue weighted by Crippen LogP contribution is -2.36. The van der Waals surface area contributed by atoms with Crippen molar-refractivity contribution in [2.24, 2.45) is 4.99 Å². The molecule has 0 saturated heterocycles. The molecule has 2 aromatic carbocycles. The predicted molar refractivity (Wildman–Crippen MR) is 107 cm³/mol. The van der Waals surface area contributed by atoms with Crippen molar-refractivity contribution in [3.8, 4) is 0 Å². The Balaban J connectivity index is 0.00000288. The second-order valence-electron chi connectivity index (χ2n) is 5.19. The normalized spacial score (nSPS) is 10.7. The standard InChI is InChI=1S/C17H20N4O2.HI/c1-13-6-8-14(9-7-13)11-19-17(18-2)20-12-15-4-3-5-16(10-15)21(22)23;/h3-10H,11-12H2,1-2H3,(H2,18,19,20);1H. The third-order valence-electron chi connectivity index (χ3n) is 3.39. The van der Waals surface area contributed by atoms with Gasteiger partial charge in [0.05, 0.1) is 4.92 Å². The van der Waals surface area contributed by atoms with E-state index < -0.39 is 4.92 Å². The molecule has 0 heterocycles. The van der Waals surface area contributed by atoms with Gasteiger partial charge in [-0.25, -0.2) is 0 Å². The van der Waals surface area contributed by atoms with E-state index in [1.54, 1.807) is 19.2 Å². The fraction of sp³-hybridized carbons (Fsp3) is 0.235. The number of hydrogen-bond donors (Lipinski definition) is 2. The van der Waals surface area contributed by atoms with Crippen LogP contribution in [0.15, 0.2) is 53.5 Å². The van der Waals surface area contributed by atoms with Gasteiger partial charge in [0.2, 0.25) is 0 Å². The van der Waals surface area contributed by atoms with Crippen molar-refractivity contribution in [3.05, 3.63) is 75.3 Å². The highest BCUT2D eigenvalue weighted by molar-refractivity contribution is 14.0. The first-order chi connectivity index (χ1) is 11.1. The van der Waals surface area contributed by atoms with Crippen molar-refractivity contribution in [2.45, 2.75) is 20.0 Å². The van der Waals surface area contributed by atoms with Crippen LogP contribution in [0.5, 0.6) is 0 Å². The summed E-state index contributed by atoms with van der Waals surface area (Å²) in [6.07, 6.45) is 0. The summed E-state index contributed by atoms with van der Waals surface area (Å²) < 4.78 is 0. The number of halogens is 1. The number of nitrogens with one attached hydrogen (secondary N) is 2. The van der Waals surface area contributed by atoms with E-state index in [-0.39, 0.29) is 29.7 Å². The third kappa shape index (κ3) is 6.15. The fourth-order valence-electron chi connectivity index (χ4n) is 2.08. The van der Waals surface area contributed by atoms with Crippen LogP contribution in [0.2, 0.25) is 0 Å². The Morgan fingerprint density at radius 1 is 1.08 bits per heavy atom. The zero-order chi connectivity index (χ0) is 16.7. The van der Waals surface area contributed by atoms with E-state index in [2.05, 4.69) is 46.8 Å². The zero-order valence-corrected chi connectivity index (χ0v) is 16.0. The lowest BCUT2D eigenvalue weighted by atomic mass is 10.1. The number of aliphatic imine (C=N–C) groups is 1. The Bertz CT molecular complexity index is 702. The van der Waals surface area contributed by atoms with Crippen LogP contribution in [0.3, 0.4) is 0 Å². The Hall–Kier alpha value is -2.16. The first kappa shape index (κ1) is 19.9. The minimum Gasteiger partial charge on any atom is -0.352 e. The molecule has 0 aromatic heterocycles. The van der Waals surface area contributed by atoms with Crippen LogP contribution in [-0.4, -0.2) is 17.9 Å². The Morgan fingerprint density at radius 3 is 2.29 bits per heavy atom. The molecule has 128 valence electrons. The van der Waals surface area contributed by atoms with Crippen molar-refractivity contribution in [1.29, 1.82) is 0 Å². The van der Waals surface area contributed by atoms with Crippen LogP contribution in [0.25, 0.3) is 0 Å². The van der Waals surface area contributed by atoms with Gasteiger partial charge in [-0.3, -0.25) is 15.1 Å². The maximum atomic E-state index is 10.8. The lowest BCUT2D eigenvalue weighted by molar-refractivity contribution is -0.384. The van der Waals surface area contributed by atoms with Gasteiger partial charge in [0.25, 0.3) is 5.69 Å². The van der Waals surface area contributed by atoms with Crippen molar-refractivity contribution >= 4 is 35.6 Å². The molecule has 0 unspecified atom stereocenters. The molecule has 0 bridgehead atoms. The molecule has 0 aliphatic heterocycles. The molecule has 2 aromatic rings. The molecular formula is C17H21IN4O2. The Kier molecular flexibility index (Phi) is 8.17. The second-order valence-corrected chi connectivity index (χ2v) is 5.19. The summed E-state index contributed by atoms with van der Waals surface area (Å²) in [6.45, 7) is 3.18. The van der Waals surface area contributed by atoms with E-state index in [1.165, 1.54) is 11.6 Å². The largest absolute Gasteiger partial charge is 0.352 e. The molecule has 0 amide bonds. The summed E-state index contributed by atoms with van der Waals surface area (Å²) in [5.74, 6) is 0.650. The van der Waals surface area contributed by atoms with Gasteiger partial charge in [0.15, 0.2) is 5.96 Å². The number of nitrogens with zero attached hydrogens (tertiary/aromatic N) is 2. The molecule has 6 nitrogen and oxygen atoms in total. The van der Waals surface area contributed by atoms with Crippen LogP contribution in [-0.2, 0) is 13.1 Å². The predicted octanol–water partition coefficient (Wildman–Crippen LogP) is 3.39. The van der Waals surface area contributed by atoms with Crippen LogP contribution in [0.4, 0.5) is 5.69 Å². The quantitative estimate of drug-likeness (QED) is 0.246. The third-order valence-corrected chi connectivity index (χ3v) is 3.39. The highest BCUT2D eigenvalue weighted by atomic mass is 127. The molecule has 0 aliphatic rings. The highest BCUT2D eigenvalue weighted by Gasteiger charge is 2.06. The molecule has 2 rings (SSSR count). The number of guanidine groups is 1. The average Bonchev–Trinajstić information content (AvgIpc) is 2.57. The SMILES string of the molecule is CN=C(NCc1ccc(C)cc1)NCc1cccc([N+](=O)[O-])c1.I. The molecule has 0 fully saturated rings. The zero-order valence-electron chi connectivity index (χ0n) is 13.7. The van der Waals surface area contributed by atoms with Gasteiger partial charge in [0, 0.05) is 32.3 Å². The first-order valence-electron chi connectivity index (χ1n) is 7.32. The van der Waals surface area contributed by atoms with Crippen LogP contribution >= 0.6 is 24.0 Å². The van der Waals surface area contributed by atoms with Gasteiger partial charge in [-0.05, 0) is 18.1 Å². The summed E-state index contributed by atoms with van der Waals surface area (Å²) in [4.78, 5) is 14.5. The van der Waals surface area contributed by atoms with E-state index in [4.69, 9.17) is 0 Å². The molecule has 7 heteroatoms. The lowest BCUT2D eigenvalue weighted by Gasteiger charge is -2.12. The first-order valence-corrected chi connectivity index (χ1v) is 7.32. The number of benzene rings is 2. The van der Waals surface area contributed by atoms with Crippen LogP contribution < -0.4 is 10.6 Å². The van der Waals surface area contributed by atoms with E-state index in [0.717, 1.165) is 11.1 Å². The number of nitro benzene ring substituents is 1. The monoisotopic (exact) mass is 440 g/mol.